The maximum atomic E-state index is 13.6. The van der Waals surface area contributed by atoms with Crippen molar-refractivity contribution in [3.05, 3.63) is 35.6 Å². The van der Waals surface area contributed by atoms with E-state index in [4.69, 9.17) is 5.11 Å². The molecule has 5 heteroatoms. The summed E-state index contributed by atoms with van der Waals surface area (Å²) >= 11 is 0. The number of nitrogens with one attached hydrogen (secondary N) is 1. The average molecular weight is 253 g/mol. The first-order valence-electron chi connectivity index (χ1n) is 5.55. The van der Waals surface area contributed by atoms with E-state index in [1.807, 2.05) is 0 Å². The van der Waals surface area contributed by atoms with Crippen molar-refractivity contribution >= 4 is 11.9 Å². The van der Waals surface area contributed by atoms with Crippen LogP contribution in [0.4, 0.5) is 4.39 Å². The Labute approximate surface area is 105 Å². The van der Waals surface area contributed by atoms with Crippen molar-refractivity contribution in [1.82, 2.24) is 5.32 Å². The van der Waals surface area contributed by atoms with E-state index in [9.17, 15) is 14.0 Å². The fraction of sp³-hybridized carbons (Fsp3) is 0.385. The third-order valence-corrected chi connectivity index (χ3v) is 2.83. The van der Waals surface area contributed by atoms with Crippen LogP contribution in [0.25, 0.3) is 0 Å². The van der Waals surface area contributed by atoms with Gasteiger partial charge in [-0.25, -0.2) is 4.39 Å². The largest absolute Gasteiger partial charge is 0.480 e. The molecule has 0 aliphatic rings. The number of aliphatic carboxylic acids is 1. The Bertz CT molecular complexity index is 471. The number of carboxylic acids is 1. The highest BCUT2D eigenvalue weighted by atomic mass is 19.1. The predicted octanol–water partition coefficient (Wildman–Crippen LogP) is 1.69. The molecule has 98 valence electrons. The first kappa shape index (κ1) is 14.2. The van der Waals surface area contributed by atoms with E-state index in [-0.39, 0.29) is 5.56 Å². The van der Waals surface area contributed by atoms with E-state index in [1.54, 1.807) is 19.9 Å². The Balaban J connectivity index is 2.97. The van der Waals surface area contributed by atoms with Gasteiger partial charge < -0.3 is 10.4 Å². The third kappa shape index (κ3) is 2.85. The van der Waals surface area contributed by atoms with Gasteiger partial charge in [0.05, 0.1) is 5.41 Å². The molecule has 0 radical (unpaired) electrons. The second-order valence-corrected chi connectivity index (χ2v) is 4.64. The molecule has 18 heavy (non-hydrogen) atoms. The summed E-state index contributed by atoms with van der Waals surface area (Å²) in [6.07, 6.45) is 0. The van der Waals surface area contributed by atoms with Crippen molar-refractivity contribution in [2.45, 2.75) is 32.2 Å². The van der Waals surface area contributed by atoms with Crippen LogP contribution in [0.5, 0.6) is 0 Å². The molecule has 4 nitrogen and oxygen atoms in total. The Hall–Kier alpha value is -1.91. The number of amides is 1. The van der Waals surface area contributed by atoms with Gasteiger partial charge in [0.2, 0.25) is 5.91 Å². The number of halogens is 1. The fourth-order valence-corrected chi connectivity index (χ4v) is 1.53. The minimum Gasteiger partial charge on any atom is -0.480 e. The molecular weight excluding hydrogens is 237 g/mol. The van der Waals surface area contributed by atoms with Crippen LogP contribution in [-0.4, -0.2) is 23.0 Å². The van der Waals surface area contributed by atoms with E-state index in [1.165, 1.54) is 25.1 Å². The summed E-state index contributed by atoms with van der Waals surface area (Å²) in [6.45, 7) is 4.46. The van der Waals surface area contributed by atoms with Crippen molar-refractivity contribution in [2.75, 3.05) is 0 Å². The van der Waals surface area contributed by atoms with Crippen LogP contribution >= 0.6 is 0 Å². The molecule has 1 aromatic carbocycles. The van der Waals surface area contributed by atoms with Crippen molar-refractivity contribution in [3.63, 3.8) is 0 Å². The molecule has 1 amide bonds. The molecule has 0 aliphatic carbocycles. The molecule has 2 N–H and O–H groups in total. The summed E-state index contributed by atoms with van der Waals surface area (Å²) in [6, 6.07) is 4.94. The van der Waals surface area contributed by atoms with Crippen LogP contribution in [0, 0.1) is 5.82 Å². The standard InChI is InChI=1S/C13H16FNO3/c1-8(11(16)17)15-12(18)13(2,3)9-6-4-5-7-10(9)14/h4-8H,1-3H3,(H,15,18)(H,16,17). The molecule has 1 unspecified atom stereocenters. The van der Waals surface area contributed by atoms with Gasteiger partial charge in [-0.15, -0.1) is 0 Å². The molecule has 0 spiro atoms. The molecule has 1 rings (SSSR count). The Morgan fingerprint density at radius 2 is 1.89 bits per heavy atom. The van der Waals surface area contributed by atoms with Crippen molar-refractivity contribution in [3.8, 4) is 0 Å². The molecule has 1 aromatic rings. The minimum atomic E-state index is -1.13. The second-order valence-electron chi connectivity index (χ2n) is 4.64. The minimum absolute atomic E-state index is 0.236. The maximum absolute atomic E-state index is 13.6. The number of rotatable bonds is 4. The highest BCUT2D eigenvalue weighted by Gasteiger charge is 2.33. The monoisotopic (exact) mass is 253 g/mol. The summed E-state index contributed by atoms with van der Waals surface area (Å²) in [5.74, 6) is -2.14. The summed E-state index contributed by atoms with van der Waals surface area (Å²) < 4.78 is 13.6. The second kappa shape index (κ2) is 5.16. The molecule has 0 saturated heterocycles. The number of hydrogen-bond donors (Lipinski definition) is 2. The van der Waals surface area contributed by atoms with Gasteiger partial charge in [0, 0.05) is 5.56 Å². The highest BCUT2D eigenvalue weighted by Crippen LogP contribution is 2.25. The van der Waals surface area contributed by atoms with Gasteiger partial charge in [-0.3, -0.25) is 9.59 Å². The van der Waals surface area contributed by atoms with Crippen LogP contribution in [0.2, 0.25) is 0 Å². The smallest absolute Gasteiger partial charge is 0.325 e. The van der Waals surface area contributed by atoms with Crippen molar-refractivity contribution < 1.29 is 19.1 Å². The molecule has 0 fully saturated rings. The van der Waals surface area contributed by atoms with Crippen LogP contribution in [0.1, 0.15) is 26.3 Å². The summed E-state index contributed by atoms with van der Waals surface area (Å²) in [7, 11) is 0. The van der Waals surface area contributed by atoms with Gasteiger partial charge in [-0.05, 0) is 26.8 Å². The Morgan fingerprint density at radius 1 is 1.33 bits per heavy atom. The molecule has 0 aliphatic heterocycles. The van der Waals surface area contributed by atoms with Gasteiger partial charge in [0.1, 0.15) is 11.9 Å². The highest BCUT2D eigenvalue weighted by molar-refractivity contribution is 5.90. The predicted molar refractivity (Wildman–Crippen MR) is 64.7 cm³/mol. The lowest BCUT2D eigenvalue weighted by molar-refractivity contribution is -0.142. The van der Waals surface area contributed by atoms with E-state index < -0.39 is 29.2 Å². The zero-order valence-electron chi connectivity index (χ0n) is 10.5. The Morgan fingerprint density at radius 3 is 2.39 bits per heavy atom. The third-order valence-electron chi connectivity index (χ3n) is 2.83. The van der Waals surface area contributed by atoms with E-state index in [0.29, 0.717) is 0 Å². The van der Waals surface area contributed by atoms with E-state index in [0.717, 1.165) is 0 Å². The van der Waals surface area contributed by atoms with Gasteiger partial charge in [-0.1, -0.05) is 18.2 Å². The summed E-state index contributed by atoms with van der Waals surface area (Å²) in [5.41, 5.74) is -0.894. The maximum Gasteiger partial charge on any atom is 0.325 e. The SMILES string of the molecule is CC(NC(=O)C(C)(C)c1ccccc1F)C(=O)O. The molecule has 0 bridgehead atoms. The van der Waals surface area contributed by atoms with Crippen molar-refractivity contribution in [2.24, 2.45) is 0 Å². The summed E-state index contributed by atoms with van der Waals surface area (Å²) in [4.78, 5) is 22.7. The molecule has 0 saturated carbocycles. The Kier molecular flexibility index (Phi) is 4.06. The van der Waals surface area contributed by atoms with Crippen LogP contribution in [0.15, 0.2) is 24.3 Å². The summed E-state index contributed by atoms with van der Waals surface area (Å²) in [5, 5.41) is 11.1. The fourth-order valence-electron chi connectivity index (χ4n) is 1.53. The lowest BCUT2D eigenvalue weighted by Gasteiger charge is -2.25. The lowest BCUT2D eigenvalue weighted by atomic mass is 9.83. The van der Waals surface area contributed by atoms with Crippen LogP contribution in [0.3, 0.4) is 0 Å². The quantitative estimate of drug-likeness (QED) is 0.858. The molecular formula is C13H16FNO3. The number of benzene rings is 1. The van der Waals surface area contributed by atoms with Crippen molar-refractivity contribution in [1.29, 1.82) is 0 Å². The molecule has 0 heterocycles. The molecule has 0 aromatic heterocycles. The van der Waals surface area contributed by atoms with E-state index >= 15 is 0 Å². The van der Waals surface area contributed by atoms with Crippen LogP contribution < -0.4 is 5.32 Å². The molecule has 1 atom stereocenters. The average Bonchev–Trinajstić information content (AvgIpc) is 2.28. The zero-order chi connectivity index (χ0) is 13.9. The van der Waals surface area contributed by atoms with Gasteiger partial charge in [-0.2, -0.15) is 0 Å². The number of carboxylic acid groups (broad SMARTS) is 1. The van der Waals surface area contributed by atoms with Gasteiger partial charge >= 0.3 is 5.97 Å². The normalized spacial score (nSPS) is 12.9. The number of hydrogen-bond acceptors (Lipinski definition) is 2. The van der Waals surface area contributed by atoms with Crippen LogP contribution in [-0.2, 0) is 15.0 Å². The van der Waals surface area contributed by atoms with E-state index in [2.05, 4.69) is 5.32 Å². The van der Waals surface area contributed by atoms with Gasteiger partial charge in [0.25, 0.3) is 0 Å². The lowest BCUT2D eigenvalue weighted by Crippen LogP contribution is -2.47. The first-order valence-corrected chi connectivity index (χ1v) is 5.55. The number of carbonyl (C=O) groups is 2. The first-order chi connectivity index (χ1) is 8.26. The van der Waals surface area contributed by atoms with Gasteiger partial charge in [0.15, 0.2) is 0 Å². The number of carbonyl (C=O) groups excluding carboxylic acids is 1. The topological polar surface area (TPSA) is 66.4 Å². The zero-order valence-corrected chi connectivity index (χ0v) is 10.5.